The van der Waals surface area contributed by atoms with Crippen LogP contribution in [-0.2, 0) is 6.54 Å². The molecule has 22 heavy (non-hydrogen) atoms. The summed E-state index contributed by atoms with van der Waals surface area (Å²) in [6.07, 6.45) is 1.24. The third-order valence-electron chi connectivity index (χ3n) is 4.05. The Balaban J connectivity index is 1.60. The second-order valence-electron chi connectivity index (χ2n) is 5.74. The molecule has 0 amide bonds. The molecule has 0 spiro atoms. The summed E-state index contributed by atoms with van der Waals surface area (Å²) in [5, 5.41) is 3.96. The first-order valence-electron chi connectivity index (χ1n) is 7.90. The molecule has 0 unspecified atom stereocenters. The Morgan fingerprint density at radius 1 is 1.14 bits per heavy atom. The fourth-order valence-corrected chi connectivity index (χ4v) is 3.99. The summed E-state index contributed by atoms with van der Waals surface area (Å²) in [7, 11) is 0. The lowest BCUT2D eigenvalue weighted by Gasteiger charge is -2.34. The minimum absolute atomic E-state index is 0.775. The molecular formula is C17H22ClN3S. The van der Waals surface area contributed by atoms with E-state index in [0.717, 1.165) is 40.9 Å². The average Bonchev–Trinajstić information content (AvgIpc) is 2.98. The molecule has 0 N–H and O–H groups in total. The number of aromatic nitrogens is 1. The molecule has 0 aliphatic carbocycles. The van der Waals surface area contributed by atoms with Gasteiger partial charge in [-0.1, -0.05) is 36.7 Å². The topological polar surface area (TPSA) is 19.4 Å². The number of nitrogens with zero attached hydrogens (tertiary/aromatic N) is 3. The van der Waals surface area contributed by atoms with Crippen LogP contribution >= 0.6 is 22.9 Å². The normalized spacial score (nSPS) is 17.0. The number of rotatable bonds is 5. The quantitative estimate of drug-likeness (QED) is 0.823. The highest BCUT2D eigenvalue weighted by molar-refractivity contribution is 7.13. The molecule has 0 saturated carbocycles. The fraction of sp³-hybridized carbons (Fsp3) is 0.471. The molecule has 1 aromatic heterocycles. The van der Waals surface area contributed by atoms with Crippen molar-refractivity contribution in [3.05, 3.63) is 40.4 Å². The Bertz CT molecular complexity index is 605. The maximum atomic E-state index is 6.26. The molecule has 0 radical (unpaired) electrons. The highest BCUT2D eigenvalue weighted by atomic mass is 35.5. The molecule has 1 fully saturated rings. The van der Waals surface area contributed by atoms with Crippen molar-refractivity contribution >= 4 is 22.9 Å². The molecule has 1 aliphatic rings. The molecule has 3 nitrogen and oxygen atoms in total. The average molecular weight is 336 g/mol. The molecule has 1 aromatic carbocycles. The van der Waals surface area contributed by atoms with Gasteiger partial charge in [-0.05, 0) is 19.0 Å². The summed E-state index contributed by atoms with van der Waals surface area (Å²) in [6, 6.07) is 7.92. The van der Waals surface area contributed by atoms with Gasteiger partial charge in [-0.2, -0.15) is 0 Å². The zero-order valence-electron chi connectivity index (χ0n) is 13.0. The van der Waals surface area contributed by atoms with Gasteiger partial charge >= 0.3 is 0 Å². The van der Waals surface area contributed by atoms with E-state index in [9.17, 15) is 0 Å². The van der Waals surface area contributed by atoms with Gasteiger partial charge in [0.05, 0.1) is 10.7 Å². The monoisotopic (exact) mass is 335 g/mol. The Morgan fingerprint density at radius 2 is 1.86 bits per heavy atom. The molecule has 2 aromatic rings. The molecule has 5 heteroatoms. The lowest BCUT2D eigenvalue weighted by atomic mass is 10.2. The van der Waals surface area contributed by atoms with E-state index < -0.39 is 0 Å². The summed E-state index contributed by atoms with van der Waals surface area (Å²) in [4.78, 5) is 9.82. The first-order chi connectivity index (χ1) is 10.8. The molecule has 0 bridgehead atoms. The highest BCUT2D eigenvalue weighted by Crippen LogP contribution is 2.30. The molecule has 1 aliphatic heterocycles. The van der Waals surface area contributed by atoms with Crippen molar-refractivity contribution in [3.63, 3.8) is 0 Å². The Hall–Kier alpha value is -0.940. The van der Waals surface area contributed by atoms with Gasteiger partial charge in [0.25, 0.3) is 0 Å². The summed E-state index contributed by atoms with van der Waals surface area (Å²) < 4.78 is 0. The SMILES string of the molecule is CCCN1CCN(Cc2csc(-c3ccccc3Cl)n2)CC1. The van der Waals surface area contributed by atoms with Crippen LogP contribution in [0.5, 0.6) is 0 Å². The molecule has 118 valence electrons. The van der Waals surface area contributed by atoms with Gasteiger partial charge in [-0.15, -0.1) is 11.3 Å². The van der Waals surface area contributed by atoms with Crippen LogP contribution in [0, 0.1) is 0 Å². The van der Waals surface area contributed by atoms with E-state index in [1.54, 1.807) is 11.3 Å². The van der Waals surface area contributed by atoms with Gasteiger partial charge in [-0.25, -0.2) is 4.98 Å². The van der Waals surface area contributed by atoms with E-state index in [1.807, 2.05) is 24.3 Å². The number of halogens is 1. The number of thiazole rings is 1. The van der Waals surface area contributed by atoms with Crippen molar-refractivity contribution < 1.29 is 0 Å². The standard InChI is InChI=1S/C17H22ClN3S/c1-2-7-20-8-10-21(11-9-20)12-14-13-22-17(19-14)15-5-3-4-6-16(15)18/h3-6,13H,2,7-12H2,1H3. The first-order valence-corrected chi connectivity index (χ1v) is 9.16. The minimum Gasteiger partial charge on any atom is -0.301 e. The largest absolute Gasteiger partial charge is 0.301 e. The summed E-state index contributed by atoms with van der Waals surface area (Å²) in [6.45, 7) is 9.04. The van der Waals surface area contributed by atoms with Crippen molar-refractivity contribution in [2.75, 3.05) is 32.7 Å². The van der Waals surface area contributed by atoms with Crippen LogP contribution in [0.25, 0.3) is 10.6 Å². The van der Waals surface area contributed by atoms with Gasteiger partial charge in [0.1, 0.15) is 5.01 Å². The fourth-order valence-electron chi connectivity index (χ4n) is 2.85. The van der Waals surface area contributed by atoms with E-state index in [1.165, 1.54) is 26.1 Å². The van der Waals surface area contributed by atoms with Gasteiger partial charge in [0.2, 0.25) is 0 Å². The first kappa shape index (κ1) is 15.9. The summed E-state index contributed by atoms with van der Waals surface area (Å²) >= 11 is 7.94. The number of piperazine rings is 1. The van der Waals surface area contributed by atoms with Gasteiger partial charge in [-0.3, -0.25) is 4.90 Å². The Labute approximate surface area is 141 Å². The van der Waals surface area contributed by atoms with Crippen LogP contribution < -0.4 is 0 Å². The Kier molecular flexibility index (Phi) is 5.47. The van der Waals surface area contributed by atoms with E-state index in [4.69, 9.17) is 16.6 Å². The summed E-state index contributed by atoms with van der Waals surface area (Å²) in [5.41, 5.74) is 2.19. The number of hydrogen-bond donors (Lipinski definition) is 0. The van der Waals surface area contributed by atoms with Crippen molar-refractivity contribution in [2.45, 2.75) is 19.9 Å². The third kappa shape index (κ3) is 3.87. The van der Waals surface area contributed by atoms with Gasteiger partial charge < -0.3 is 4.90 Å². The van der Waals surface area contributed by atoms with Crippen LogP contribution in [0.2, 0.25) is 5.02 Å². The van der Waals surface area contributed by atoms with Crippen molar-refractivity contribution in [3.8, 4) is 10.6 Å². The zero-order valence-corrected chi connectivity index (χ0v) is 14.5. The van der Waals surface area contributed by atoms with Crippen molar-refractivity contribution in [1.82, 2.24) is 14.8 Å². The minimum atomic E-state index is 0.775. The predicted octanol–water partition coefficient (Wildman–Crippen LogP) is 3.99. The van der Waals surface area contributed by atoms with Crippen LogP contribution in [-0.4, -0.2) is 47.5 Å². The van der Waals surface area contributed by atoms with Gasteiger partial charge in [0, 0.05) is 43.7 Å². The zero-order chi connectivity index (χ0) is 15.4. The van der Waals surface area contributed by atoms with E-state index in [-0.39, 0.29) is 0 Å². The molecule has 3 rings (SSSR count). The maximum Gasteiger partial charge on any atom is 0.125 e. The van der Waals surface area contributed by atoms with E-state index >= 15 is 0 Å². The van der Waals surface area contributed by atoms with Crippen LogP contribution in [0.15, 0.2) is 29.6 Å². The number of hydrogen-bond acceptors (Lipinski definition) is 4. The molecule has 0 atom stereocenters. The second-order valence-corrected chi connectivity index (χ2v) is 7.01. The lowest BCUT2D eigenvalue weighted by Crippen LogP contribution is -2.46. The molecule has 2 heterocycles. The van der Waals surface area contributed by atoms with E-state index in [2.05, 4.69) is 22.1 Å². The predicted molar refractivity (Wildman–Crippen MR) is 94.6 cm³/mol. The number of benzene rings is 1. The van der Waals surface area contributed by atoms with E-state index in [0.29, 0.717) is 0 Å². The van der Waals surface area contributed by atoms with Crippen LogP contribution in [0.3, 0.4) is 0 Å². The maximum absolute atomic E-state index is 6.26. The smallest absolute Gasteiger partial charge is 0.125 e. The second kappa shape index (κ2) is 7.55. The Morgan fingerprint density at radius 3 is 2.59 bits per heavy atom. The van der Waals surface area contributed by atoms with Crippen LogP contribution in [0.4, 0.5) is 0 Å². The summed E-state index contributed by atoms with van der Waals surface area (Å²) in [5.74, 6) is 0. The highest BCUT2D eigenvalue weighted by Gasteiger charge is 2.17. The third-order valence-corrected chi connectivity index (χ3v) is 5.30. The van der Waals surface area contributed by atoms with Crippen LogP contribution in [0.1, 0.15) is 19.0 Å². The van der Waals surface area contributed by atoms with Gasteiger partial charge in [0.15, 0.2) is 0 Å². The van der Waals surface area contributed by atoms with Crippen molar-refractivity contribution in [1.29, 1.82) is 0 Å². The molecule has 1 saturated heterocycles. The lowest BCUT2D eigenvalue weighted by molar-refractivity contribution is 0.126. The molecular weight excluding hydrogens is 314 g/mol. The van der Waals surface area contributed by atoms with Crippen molar-refractivity contribution in [2.24, 2.45) is 0 Å².